The summed E-state index contributed by atoms with van der Waals surface area (Å²) in [6, 6.07) is 19.9. The zero-order valence-electron chi connectivity index (χ0n) is 15.4. The normalized spacial score (nSPS) is 10.6. The molecule has 1 amide bonds. The number of benzene rings is 3. The van der Waals surface area contributed by atoms with Gasteiger partial charge in [0.25, 0.3) is 0 Å². The number of likely N-dealkylation sites (N-methyl/N-ethyl adjacent to an activating group) is 1. The second-order valence-corrected chi connectivity index (χ2v) is 6.22. The van der Waals surface area contributed by atoms with Crippen molar-refractivity contribution in [2.45, 2.75) is 13.0 Å². The van der Waals surface area contributed by atoms with E-state index in [2.05, 4.69) is 18.2 Å². The third-order valence-electron chi connectivity index (χ3n) is 4.54. The molecule has 0 aliphatic rings. The lowest BCUT2D eigenvalue weighted by atomic mass is 10.0. The Morgan fingerprint density at radius 2 is 1.58 bits per heavy atom. The molecule has 0 aromatic heterocycles. The number of fused-ring (bicyclic) bond motifs is 1. The topological polar surface area (TPSA) is 38.8 Å². The van der Waals surface area contributed by atoms with E-state index >= 15 is 0 Å². The Hall–Kier alpha value is -3.01. The fraction of sp³-hybridized carbons (Fsp3) is 0.227. The molecule has 3 rings (SSSR count). The predicted molar refractivity (Wildman–Crippen MR) is 104 cm³/mol. The van der Waals surface area contributed by atoms with Crippen molar-refractivity contribution < 1.29 is 14.3 Å². The van der Waals surface area contributed by atoms with E-state index < -0.39 is 0 Å². The van der Waals surface area contributed by atoms with Crippen LogP contribution in [0, 0.1) is 0 Å². The number of ether oxygens (including phenoxy) is 2. The van der Waals surface area contributed by atoms with Crippen LogP contribution in [0.5, 0.6) is 11.5 Å². The Bertz CT molecular complexity index is 915. The average molecular weight is 349 g/mol. The maximum Gasteiger partial charge on any atom is 0.227 e. The number of rotatable bonds is 6. The Morgan fingerprint density at radius 1 is 0.885 bits per heavy atom. The fourth-order valence-corrected chi connectivity index (χ4v) is 3.17. The molecule has 4 nitrogen and oxygen atoms in total. The van der Waals surface area contributed by atoms with Gasteiger partial charge < -0.3 is 14.4 Å². The molecule has 0 atom stereocenters. The van der Waals surface area contributed by atoms with E-state index in [1.165, 1.54) is 0 Å². The summed E-state index contributed by atoms with van der Waals surface area (Å²) in [7, 11) is 5.03. The Labute approximate surface area is 154 Å². The van der Waals surface area contributed by atoms with Crippen LogP contribution >= 0.6 is 0 Å². The molecule has 4 heteroatoms. The van der Waals surface area contributed by atoms with Crippen LogP contribution < -0.4 is 9.47 Å². The van der Waals surface area contributed by atoms with Gasteiger partial charge in [-0.25, -0.2) is 0 Å². The molecule has 0 N–H and O–H groups in total. The zero-order chi connectivity index (χ0) is 18.5. The lowest BCUT2D eigenvalue weighted by Crippen LogP contribution is -2.28. The van der Waals surface area contributed by atoms with Crippen LogP contribution in [0.3, 0.4) is 0 Å². The van der Waals surface area contributed by atoms with Gasteiger partial charge in [-0.2, -0.15) is 0 Å². The average Bonchev–Trinajstić information content (AvgIpc) is 2.67. The Kier molecular flexibility index (Phi) is 5.42. The first-order valence-electron chi connectivity index (χ1n) is 8.54. The molecule has 3 aromatic carbocycles. The largest absolute Gasteiger partial charge is 0.493 e. The molecule has 134 valence electrons. The summed E-state index contributed by atoms with van der Waals surface area (Å²) < 4.78 is 10.8. The van der Waals surface area contributed by atoms with Gasteiger partial charge in [-0.3, -0.25) is 4.79 Å². The van der Waals surface area contributed by atoms with Gasteiger partial charge in [0.15, 0.2) is 11.5 Å². The standard InChI is InChI=1S/C22H23NO3/c1-23(15-18-11-7-13-20(25-2)22(18)26-3)21(24)14-17-10-6-9-16-8-4-5-12-19(16)17/h4-13H,14-15H2,1-3H3. The number of nitrogens with zero attached hydrogens (tertiary/aromatic N) is 1. The van der Waals surface area contributed by atoms with Crippen molar-refractivity contribution in [2.24, 2.45) is 0 Å². The molecule has 0 bridgehead atoms. The number of carbonyl (C=O) groups excluding carboxylic acids is 1. The highest BCUT2D eigenvalue weighted by atomic mass is 16.5. The number of methoxy groups -OCH3 is 2. The number of amides is 1. The van der Waals surface area contributed by atoms with Crippen molar-refractivity contribution in [3.63, 3.8) is 0 Å². The number of hydrogen-bond acceptors (Lipinski definition) is 3. The van der Waals surface area contributed by atoms with Crippen LogP contribution in [0.15, 0.2) is 60.7 Å². The van der Waals surface area contributed by atoms with Gasteiger partial charge in [0.05, 0.1) is 20.6 Å². The van der Waals surface area contributed by atoms with Gasteiger partial charge in [-0.15, -0.1) is 0 Å². The van der Waals surface area contributed by atoms with Crippen LogP contribution in [-0.2, 0) is 17.8 Å². The molecule has 0 saturated carbocycles. The molecular formula is C22H23NO3. The van der Waals surface area contributed by atoms with E-state index in [9.17, 15) is 4.79 Å². The van der Waals surface area contributed by atoms with Gasteiger partial charge in [0, 0.05) is 19.2 Å². The minimum Gasteiger partial charge on any atom is -0.493 e. The van der Waals surface area contributed by atoms with Gasteiger partial charge in [-0.05, 0) is 22.4 Å². The van der Waals surface area contributed by atoms with Crippen LogP contribution in [0.25, 0.3) is 10.8 Å². The minimum atomic E-state index is 0.0613. The molecule has 0 saturated heterocycles. The molecule has 26 heavy (non-hydrogen) atoms. The van der Waals surface area contributed by atoms with Crippen LogP contribution in [-0.4, -0.2) is 32.1 Å². The Morgan fingerprint density at radius 3 is 2.35 bits per heavy atom. The van der Waals surface area contributed by atoms with Crippen molar-refractivity contribution in [2.75, 3.05) is 21.3 Å². The highest BCUT2D eigenvalue weighted by molar-refractivity contribution is 5.90. The molecule has 0 fully saturated rings. The van der Waals surface area contributed by atoms with Crippen molar-refractivity contribution in [1.29, 1.82) is 0 Å². The second-order valence-electron chi connectivity index (χ2n) is 6.22. The van der Waals surface area contributed by atoms with E-state index in [1.54, 1.807) is 19.1 Å². The van der Waals surface area contributed by atoms with Crippen molar-refractivity contribution in [3.05, 3.63) is 71.8 Å². The van der Waals surface area contributed by atoms with Crippen molar-refractivity contribution in [3.8, 4) is 11.5 Å². The molecule has 0 aliphatic carbocycles. The molecular weight excluding hydrogens is 326 g/mol. The Balaban J connectivity index is 1.78. The summed E-state index contributed by atoms with van der Waals surface area (Å²) in [5.41, 5.74) is 1.96. The monoisotopic (exact) mass is 349 g/mol. The van der Waals surface area contributed by atoms with Gasteiger partial charge in [0.2, 0.25) is 5.91 Å². The van der Waals surface area contributed by atoms with Crippen molar-refractivity contribution >= 4 is 16.7 Å². The van der Waals surface area contributed by atoms with Gasteiger partial charge in [0.1, 0.15) is 0 Å². The van der Waals surface area contributed by atoms with Gasteiger partial charge >= 0.3 is 0 Å². The first kappa shape index (κ1) is 17.8. The lowest BCUT2D eigenvalue weighted by Gasteiger charge is -2.20. The number of carbonyl (C=O) groups is 1. The summed E-state index contributed by atoms with van der Waals surface area (Å²) in [6.07, 6.45) is 0.365. The highest BCUT2D eigenvalue weighted by Gasteiger charge is 2.16. The molecule has 0 radical (unpaired) electrons. The van der Waals surface area contributed by atoms with Crippen LogP contribution in [0.2, 0.25) is 0 Å². The summed E-state index contributed by atoms with van der Waals surface area (Å²) in [5, 5.41) is 2.27. The SMILES string of the molecule is COc1cccc(CN(C)C(=O)Cc2cccc3ccccc23)c1OC. The molecule has 0 unspecified atom stereocenters. The zero-order valence-corrected chi connectivity index (χ0v) is 15.4. The minimum absolute atomic E-state index is 0.0613. The van der Waals surface area contributed by atoms with Crippen LogP contribution in [0.4, 0.5) is 0 Å². The quantitative estimate of drug-likeness (QED) is 0.674. The maximum atomic E-state index is 12.8. The van der Waals surface area contributed by atoms with Crippen LogP contribution in [0.1, 0.15) is 11.1 Å². The maximum absolute atomic E-state index is 12.8. The third-order valence-corrected chi connectivity index (χ3v) is 4.54. The second kappa shape index (κ2) is 7.91. The first-order valence-corrected chi connectivity index (χ1v) is 8.54. The smallest absolute Gasteiger partial charge is 0.227 e. The summed E-state index contributed by atoms with van der Waals surface area (Å²) in [6.45, 7) is 0.462. The third kappa shape index (κ3) is 3.64. The predicted octanol–water partition coefficient (Wildman–Crippen LogP) is 4.06. The van der Waals surface area contributed by atoms with E-state index in [4.69, 9.17) is 9.47 Å². The fourth-order valence-electron chi connectivity index (χ4n) is 3.17. The van der Waals surface area contributed by atoms with E-state index in [-0.39, 0.29) is 5.91 Å². The number of hydrogen-bond donors (Lipinski definition) is 0. The summed E-state index contributed by atoms with van der Waals surface area (Å²) >= 11 is 0. The van der Waals surface area contributed by atoms with E-state index in [0.717, 1.165) is 21.9 Å². The molecule has 0 spiro atoms. The number of para-hydroxylation sites is 1. The lowest BCUT2D eigenvalue weighted by molar-refractivity contribution is -0.129. The molecule has 0 aliphatic heterocycles. The highest BCUT2D eigenvalue weighted by Crippen LogP contribution is 2.31. The van der Waals surface area contributed by atoms with Crippen molar-refractivity contribution in [1.82, 2.24) is 4.90 Å². The molecule has 0 heterocycles. The van der Waals surface area contributed by atoms with E-state index in [1.807, 2.05) is 49.5 Å². The first-order chi connectivity index (χ1) is 12.6. The molecule has 3 aromatic rings. The van der Waals surface area contributed by atoms with Gasteiger partial charge in [-0.1, -0.05) is 54.6 Å². The summed E-state index contributed by atoms with van der Waals surface area (Å²) in [5.74, 6) is 1.39. The van der Waals surface area contributed by atoms with E-state index in [0.29, 0.717) is 24.5 Å². The summed E-state index contributed by atoms with van der Waals surface area (Å²) in [4.78, 5) is 14.5.